The third kappa shape index (κ3) is 5.68. The van der Waals surface area contributed by atoms with E-state index in [-0.39, 0.29) is 12.1 Å². The van der Waals surface area contributed by atoms with E-state index >= 15 is 0 Å². The van der Waals surface area contributed by atoms with E-state index in [1.807, 2.05) is 0 Å². The molecule has 0 spiro atoms. The Hall–Kier alpha value is -1.67. The number of hydrogen-bond acceptors (Lipinski definition) is 0. The summed E-state index contributed by atoms with van der Waals surface area (Å²) >= 11 is 0. The topological polar surface area (TPSA) is 0 Å². The van der Waals surface area contributed by atoms with E-state index < -0.39 is 41.6 Å². The van der Waals surface area contributed by atoms with Gasteiger partial charge in [0.05, 0.1) is 11.1 Å². The fraction of sp³-hybridized carbons (Fsp3) is 0.333. The van der Waals surface area contributed by atoms with Gasteiger partial charge in [-0.25, -0.2) is 0 Å². The number of rotatable bonds is 2. The first-order chi connectivity index (χ1) is 9.29. The van der Waals surface area contributed by atoms with Crippen molar-refractivity contribution in [3.8, 4) is 0 Å². The molecule has 0 aliphatic rings. The fourth-order valence-corrected chi connectivity index (χ4v) is 1.47. The van der Waals surface area contributed by atoms with Crippen LogP contribution < -0.4 is 0 Å². The summed E-state index contributed by atoms with van der Waals surface area (Å²) in [6.07, 6.45) is -15.2. The van der Waals surface area contributed by atoms with Crippen LogP contribution in [0.4, 0.5) is 39.5 Å². The quantitative estimate of drug-likeness (QED) is 0.506. The van der Waals surface area contributed by atoms with Gasteiger partial charge in [-0.15, -0.1) is 0 Å². The standard InChI is InChI=1S/C12H7F9/c13-10(14,15)3-1-2-7-4-8(11(16,17)18)6-9(5-7)12(19,20)21/h1,3-6H,2H2/b3-1+. The molecule has 0 radical (unpaired) electrons. The highest BCUT2D eigenvalue weighted by atomic mass is 19.4. The van der Waals surface area contributed by atoms with Gasteiger partial charge in [0.25, 0.3) is 0 Å². The Labute approximate surface area is 112 Å². The van der Waals surface area contributed by atoms with E-state index in [1.54, 1.807) is 0 Å². The molecular formula is C12H7F9. The Morgan fingerprint density at radius 2 is 1.14 bits per heavy atom. The van der Waals surface area contributed by atoms with E-state index in [0.717, 1.165) is 0 Å². The largest absolute Gasteiger partial charge is 0.416 e. The molecule has 0 aliphatic carbocycles. The average Bonchev–Trinajstić information content (AvgIpc) is 2.24. The summed E-state index contributed by atoms with van der Waals surface area (Å²) in [5, 5.41) is 0. The summed E-state index contributed by atoms with van der Waals surface area (Å²) in [5.74, 6) is 0. The second-order valence-corrected chi connectivity index (χ2v) is 4.06. The summed E-state index contributed by atoms with van der Waals surface area (Å²) in [7, 11) is 0. The lowest BCUT2D eigenvalue weighted by molar-refractivity contribution is -0.143. The summed E-state index contributed by atoms with van der Waals surface area (Å²) in [6, 6.07) is 0.683. The van der Waals surface area contributed by atoms with Crippen molar-refractivity contribution in [1.82, 2.24) is 0 Å². The first-order valence-electron chi connectivity index (χ1n) is 5.32. The lowest BCUT2D eigenvalue weighted by Crippen LogP contribution is -2.11. The number of benzene rings is 1. The molecule has 0 unspecified atom stereocenters. The highest BCUT2D eigenvalue weighted by molar-refractivity contribution is 5.34. The molecular weight excluding hydrogens is 315 g/mol. The monoisotopic (exact) mass is 322 g/mol. The summed E-state index contributed by atoms with van der Waals surface area (Å²) in [5.41, 5.74) is -3.64. The van der Waals surface area contributed by atoms with Crippen LogP contribution in [0, 0.1) is 0 Å². The number of allylic oxidation sites excluding steroid dienone is 2. The maximum absolute atomic E-state index is 12.5. The summed E-state index contributed by atoms with van der Waals surface area (Å²) < 4.78 is 110. The van der Waals surface area contributed by atoms with Gasteiger partial charge in [0.2, 0.25) is 0 Å². The zero-order valence-corrected chi connectivity index (χ0v) is 10.00. The molecule has 118 valence electrons. The molecule has 1 aromatic rings. The molecule has 1 rings (SSSR count). The van der Waals surface area contributed by atoms with Crippen LogP contribution in [0.1, 0.15) is 16.7 Å². The van der Waals surface area contributed by atoms with Crippen LogP contribution in [0.25, 0.3) is 0 Å². The van der Waals surface area contributed by atoms with E-state index in [4.69, 9.17) is 0 Å². The maximum Gasteiger partial charge on any atom is 0.416 e. The molecule has 0 nitrogen and oxygen atoms in total. The molecule has 9 heteroatoms. The van der Waals surface area contributed by atoms with Crippen molar-refractivity contribution in [3.05, 3.63) is 47.0 Å². The Kier molecular flexibility index (Phi) is 4.64. The van der Waals surface area contributed by atoms with E-state index in [9.17, 15) is 39.5 Å². The number of hydrogen-bond donors (Lipinski definition) is 0. The van der Waals surface area contributed by atoms with Gasteiger partial charge >= 0.3 is 18.5 Å². The second-order valence-electron chi connectivity index (χ2n) is 4.06. The first kappa shape index (κ1) is 17.4. The van der Waals surface area contributed by atoms with Crippen LogP contribution in [0.15, 0.2) is 30.4 Å². The van der Waals surface area contributed by atoms with Gasteiger partial charge in [0.1, 0.15) is 0 Å². The van der Waals surface area contributed by atoms with Crippen molar-refractivity contribution in [3.63, 3.8) is 0 Å². The molecule has 0 aromatic heterocycles. The fourth-order valence-electron chi connectivity index (χ4n) is 1.47. The minimum atomic E-state index is -5.02. The molecule has 0 aliphatic heterocycles. The SMILES string of the molecule is FC(F)(F)/C=C/Cc1cc(C(F)(F)F)cc(C(F)(F)F)c1. The first-order valence-corrected chi connectivity index (χ1v) is 5.32. The lowest BCUT2D eigenvalue weighted by Gasteiger charge is -2.13. The normalized spacial score (nSPS) is 14.0. The van der Waals surface area contributed by atoms with Crippen molar-refractivity contribution in [2.24, 2.45) is 0 Å². The Morgan fingerprint density at radius 3 is 1.48 bits per heavy atom. The molecule has 0 saturated carbocycles. The Morgan fingerprint density at radius 1 is 0.714 bits per heavy atom. The van der Waals surface area contributed by atoms with E-state index in [1.165, 1.54) is 0 Å². The van der Waals surface area contributed by atoms with Gasteiger partial charge in [0.15, 0.2) is 0 Å². The van der Waals surface area contributed by atoms with Gasteiger partial charge in [-0.2, -0.15) is 39.5 Å². The smallest absolute Gasteiger partial charge is 0.167 e. The van der Waals surface area contributed by atoms with E-state index in [2.05, 4.69) is 0 Å². The Balaban J connectivity index is 3.18. The second kappa shape index (κ2) is 5.61. The van der Waals surface area contributed by atoms with Gasteiger partial charge in [0, 0.05) is 6.08 Å². The van der Waals surface area contributed by atoms with Crippen LogP contribution in [-0.4, -0.2) is 6.18 Å². The van der Waals surface area contributed by atoms with Crippen molar-refractivity contribution in [1.29, 1.82) is 0 Å². The lowest BCUT2D eigenvalue weighted by atomic mass is 10.0. The molecule has 1 aromatic carbocycles. The zero-order chi connectivity index (χ0) is 16.5. The van der Waals surface area contributed by atoms with Crippen LogP contribution >= 0.6 is 0 Å². The van der Waals surface area contributed by atoms with Crippen LogP contribution in [0.2, 0.25) is 0 Å². The van der Waals surface area contributed by atoms with Gasteiger partial charge < -0.3 is 0 Å². The highest BCUT2D eigenvalue weighted by Gasteiger charge is 2.36. The van der Waals surface area contributed by atoms with Crippen LogP contribution in [0.3, 0.4) is 0 Å². The van der Waals surface area contributed by atoms with Crippen molar-refractivity contribution >= 4 is 0 Å². The molecule has 0 amide bonds. The van der Waals surface area contributed by atoms with Crippen molar-refractivity contribution in [2.45, 2.75) is 24.9 Å². The van der Waals surface area contributed by atoms with Crippen molar-refractivity contribution < 1.29 is 39.5 Å². The summed E-state index contributed by atoms with van der Waals surface area (Å²) in [6.45, 7) is 0. The van der Waals surface area contributed by atoms with Gasteiger partial charge in [-0.3, -0.25) is 0 Å². The molecule has 0 fully saturated rings. The van der Waals surface area contributed by atoms with Gasteiger partial charge in [-0.05, 0) is 30.2 Å². The molecule has 21 heavy (non-hydrogen) atoms. The third-order valence-corrected chi connectivity index (χ3v) is 2.31. The zero-order valence-electron chi connectivity index (χ0n) is 10.00. The molecule has 0 saturated heterocycles. The Bertz CT molecular complexity index is 485. The molecule has 0 bridgehead atoms. The minimum Gasteiger partial charge on any atom is -0.167 e. The highest BCUT2D eigenvalue weighted by Crippen LogP contribution is 2.36. The predicted octanol–water partition coefficient (Wildman–Crippen LogP) is 5.39. The number of halogens is 9. The van der Waals surface area contributed by atoms with Gasteiger partial charge in [-0.1, -0.05) is 6.08 Å². The molecule has 0 heterocycles. The predicted molar refractivity (Wildman–Crippen MR) is 55.3 cm³/mol. The maximum atomic E-state index is 12.5. The third-order valence-electron chi connectivity index (χ3n) is 2.31. The van der Waals surface area contributed by atoms with Crippen LogP contribution in [-0.2, 0) is 18.8 Å². The average molecular weight is 322 g/mol. The summed E-state index contributed by atoms with van der Waals surface area (Å²) in [4.78, 5) is 0. The van der Waals surface area contributed by atoms with E-state index in [0.29, 0.717) is 18.2 Å². The molecule has 0 N–H and O–H groups in total. The minimum absolute atomic E-state index is 0.0863. The van der Waals surface area contributed by atoms with Crippen molar-refractivity contribution in [2.75, 3.05) is 0 Å². The number of alkyl halides is 9. The molecule has 0 atom stereocenters. The van der Waals surface area contributed by atoms with Crippen LogP contribution in [0.5, 0.6) is 0 Å².